The molecule has 0 bridgehead atoms. The number of benzene rings is 2. The van der Waals surface area contributed by atoms with Gasteiger partial charge in [0.1, 0.15) is 0 Å². The molecule has 0 spiro atoms. The topological polar surface area (TPSA) is 23.6 Å². The van der Waals surface area contributed by atoms with Crippen molar-refractivity contribution in [3.63, 3.8) is 0 Å². The normalized spacial score (nSPS) is 19.7. The molecule has 1 unspecified atom stereocenters. The first-order valence-corrected chi connectivity index (χ1v) is 9.74. The van der Waals surface area contributed by atoms with E-state index in [1.54, 1.807) is 0 Å². The molecular formula is C23H30N2O. The highest BCUT2D eigenvalue weighted by Gasteiger charge is 2.34. The lowest BCUT2D eigenvalue weighted by molar-refractivity contribution is -0.133. The number of carbonyl (C=O) groups is 1. The van der Waals surface area contributed by atoms with Crippen molar-refractivity contribution in [2.24, 2.45) is 5.92 Å². The van der Waals surface area contributed by atoms with Gasteiger partial charge in [0.15, 0.2) is 0 Å². The Morgan fingerprint density at radius 2 is 1.46 bits per heavy atom. The molecule has 3 rings (SSSR count). The van der Waals surface area contributed by atoms with Crippen molar-refractivity contribution < 1.29 is 4.79 Å². The van der Waals surface area contributed by atoms with Crippen molar-refractivity contribution >= 4 is 5.91 Å². The van der Waals surface area contributed by atoms with Gasteiger partial charge in [0.25, 0.3) is 0 Å². The molecule has 26 heavy (non-hydrogen) atoms. The monoisotopic (exact) mass is 350 g/mol. The van der Waals surface area contributed by atoms with Crippen LogP contribution >= 0.6 is 0 Å². The smallest absolute Gasteiger partial charge is 0.225 e. The maximum Gasteiger partial charge on any atom is 0.225 e. The van der Waals surface area contributed by atoms with E-state index in [0.29, 0.717) is 11.9 Å². The lowest BCUT2D eigenvalue weighted by Crippen LogP contribution is -2.35. The fourth-order valence-corrected chi connectivity index (χ4v) is 3.93. The van der Waals surface area contributed by atoms with E-state index >= 15 is 0 Å². The Kier molecular flexibility index (Phi) is 6.45. The summed E-state index contributed by atoms with van der Waals surface area (Å²) < 4.78 is 0. The van der Waals surface area contributed by atoms with Crippen molar-refractivity contribution in [1.82, 2.24) is 9.80 Å². The predicted octanol–water partition coefficient (Wildman–Crippen LogP) is 4.34. The van der Waals surface area contributed by atoms with Gasteiger partial charge in [-0.3, -0.25) is 9.69 Å². The highest BCUT2D eigenvalue weighted by atomic mass is 16.2. The molecule has 2 atom stereocenters. The Hall–Kier alpha value is -2.13. The number of amides is 1. The molecular weight excluding hydrogens is 320 g/mol. The number of hydrogen-bond donors (Lipinski definition) is 0. The summed E-state index contributed by atoms with van der Waals surface area (Å²) in [5.41, 5.74) is 2.67. The number of nitrogens with zero attached hydrogens (tertiary/aromatic N) is 2. The summed E-state index contributed by atoms with van der Waals surface area (Å²) in [6.45, 7) is 4.70. The Balaban J connectivity index is 1.72. The molecule has 0 N–H and O–H groups in total. The lowest BCUT2D eigenvalue weighted by Gasteiger charge is -2.29. The van der Waals surface area contributed by atoms with Crippen LogP contribution in [-0.4, -0.2) is 35.3 Å². The number of hydrogen-bond acceptors (Lipinski definition) is 2. The minimum Gasteiger partial charge on any atom is -0.346 e. The van der Waals surface area contributed by atoms with Crippen LogP contribution in [0.15, 0.2) is 60.7 Å². The van der Waals surface area contributed by atoms with Gasteiger partial charge in [0.05, 0.1) is 0 Å². The molecule has 0 aliphatic heterocycles. The van der Waals surface area contributed by atoms with E-state index in [-0.39, 0.29) is 5.92 Å². The first kappa shape index (κ1) is 18.7. The van der Waals surface area contributed by atoms with Crippen LogP contribution in [0.3, 0.4) is 0 Å². The molecule has 1 aliphatic carbocycles. The molecule has 0 heterocycles. The summed E-state index contributed by atoms with van der Waals surface area (Å²) in [6, 6.07) is 21.8. The van der Waals surface area contributed by atoms with Gasteiger partial charge in [-0.25, -0.2) is 0 Å². The third-order valence-electron chi connectivity index (χ3n) is 5.58. The summed E-state index contributed by atoms with van der Waals surface area (Å²) in [5.74, 6) is 0.494. The summed E-state index contributed by atoms with van der Waals surface area (Å²) in [7, 11) is 1.92. The van der Waals surface area contributed by atoms with E-state index in [2.05, 4.69) is 65.6 Å². The van der Waals surface area contributed by atoms with E-state index in [1.807, 2.05) is 18.9 Å². The van der Waals surface area contributed by atoms with E-state index in [1.165, 1.54) is 11.1 Å². The standard InChI is InChI=1S/C23H30N2O/c1-3-24(2)23(26)21-14-15-22(16-21)25(17-19-10-6-4-7-11-19)18-20-12-8-5-9-13-20/h4-13,21-22H,3,14-18H2,1-2H3/t21?,22-/m0/s1. The number of rotatable bonds is 7. The molecule has 1 aliphatic rings. The molecule has 2 aromatic carbocycles. The van der Waals surface area contributed by atoms with Crippen LogP contribution in [0.2, 0.25) is 0 Å². The fourth-order valence-electron chi connectivity index (χ4n) is 3.93. The van der Waals surface area contributed by atoms with E-state index < -0.39 is 0 Å². The zero-order valence-electron chi connectivity index (χ0n) is 16.0. The third kappa shape index (κ3) is 4.73. The maximum atomic E-state index is 12.6. The van der Waals surface area contributed by atoms with Crippen LogP contribution in [0.4, 0.5) is 0 Å². The molecule has 138 valence electrons. The highest BCUT2D eigenvalue weighted by Crippen LogP contribution is 2.32. The Bertz CT molecular complexity index is 644. The van der Waals surface area contributed by atoms with Crippen LogP contribution in [0.5, 0.6) is 0 Å². The molecule has 0 aromatic heterocycles. The molecule has 0 radical (unpaired) electrons. The minimum atomic E-state index is 0.180. The maximum absolute atomic E-state index is 12.6. The second-order valence-electron chi connectivity index (χ2n) is 7.39. The average Bonchev–Trinajstić information content (AvgIpc) is 3.18. The van der Waals surface area contributed by atoms with Gasteiger partial charge in [0, 0.05) is 38.6 Å². The van der Waals surface area contributed by atoms with Gasteiger partial charge in [-0.2, -0.15) is 0 Å². The van der Waals surface area contributed by atoms with Crippen LogP contribution < -0.4 is 0 Å². The van der Waals surface area contributed by atoms with Gasteiger partial charge in [-0.15, -0.1) is 0 Å². The molecule has 3 heteroatoms. The van der Waals surface area contributed by atoms with E-state index in [9.17, 15) is 4.79 Å². The van der Waals surface area contributed by atoms with Crippen LogP contribution in [-0.2, 0) is 17.9 Å². The minimum absolute atomic E-state index is 0.180. The quantitative estimate of drug-likeness (QED) is 0.742. The van der Waals surface area contributed by atoms with E-state index in [0.717, 1.165) is 38.9 Å². The van der Waals surface area contributed by atoms with Crippen LogP contribution in [0.1, 0.15) is 37.3 Å². The third-order valence-corrected chi connectivity index (χ3v) is 5.58. The second-order valence-corrected chi connectivity index (χ2v) is 7.39. The van der Waals surface area contributed by atoms with Crippen molar-refractivity contribution in [2.45, 2.75) is 45.3 Å². The van der Waals surface area contributed by atoms with Crippen molar-refractivity contribution in [1.29, 1.82) is 0 Å². The van der Waals surface area contributed by atoms with Gasteiger partial charge in [-0.1, -0.05) is 60.7 Å². The average molecular weight is 351 g/mol. The van der Waals surface area contributed by atoms with Gasteiger partial charge in [0.2, 0.25) is 5.91 Å². The summed E-state index contributed by atoms with van der Waals surface area (Å²) in [4.78, 5) is 17.0. The van der Waals surface area contributed by atoms with Crippen molar-refractivity contribution in [3.8, 4) is 0 Å². The zero-order chi connectivity index (χ0) is 18.4. The summed E-state index contributed by atoms with van der Waals surface area (Å²) >= 11 is 0. The summed E-state index contributed by atoms with van der Waals surface area (Å²) in [5, 5.41) is 0. The Morgan fingerprint density at radius 3 is 1.96 bits per heavy atom. The molecule has 1 fully saturated rings. The van der Waals surface area contributed by atoms with Gasteiger partial charge >= 0.3 is 0 Å². The van der Waals surface area contributed by atoms with Gasteiger partial charge in [-0.05, 0) is 37.3 Å². The predicted molar refractivity (Wildman–Crippen MR) is 107 cm³/mol. The van der Waals surface area contributed by atoms with Crippen LogP contribution in [0, 0.1) is 5.92 Å². The SMILES string of the molecule is CCN(C)C(=O)C1CC[C@H](N(Cc2ccccc2)Cc2ccccc2)C1. The summed E-state index contributed by atoms with van der Waals surface area (Å²) in [6.07, 6.45) is 3.09. The molecule has 1 saturated carbocycles. The molecule has 2 aromatic rings. The largest absolute Gasteiger partial charge is 0.346 e. The van der Waals surface area contributed by atoms with Crippen molar-refractivity contribution in [2.75, 3.05) is 13.6 Å². The van der Waals surface area contributed by atoms with Crippen molar-refractivity contribution in [3.05, 3.63) is 71.8 Å². The molecule has 3 nitrogen and oxygen atoms in total. The van der Waals surface area contributed by atoms with E-state index in [4.69, 9.17) is 0 Å². The fraction of sp³-hybridized carbons (Fsp3) is 0.435. The Morgan fingerprint density at radius 1 is 0.923 bits per heavy atom. The first-order chi connectivity index (χ1) is 12.7. The molecule has 0 saturated heterocycles. The highest BCUT2D eigenvalue weighted by molar-refractivity contribution is 5.78. The molecule has 1 amide bonds. The first-order valence-electron chi connectivity index (χ1n) is 9.74. The number of carbonyl (C=O) groups excluding carboxylic acids is 1. The lowest BCUT2D eigenvalue weighted by atomic mass is 10.1. The zero-order valence-corrected chi connectivity index (χ0v) is 16.0. The van der Waals surface area contributed by atoms with Crippen LogP contribution in [0.25, 0.3) is 0 Å². The Labute approximate surface area is 157 Å². The second kappa shape index (κ2) is 9.00. The van der Waals surface area contributed by atoms with Gasteiger partial charge < -0.3 is 4.90 Å².